The van der Waals surface area contributed by atoms with Gasteiger partial charge in [-0.2, -0.15) is 8.78 Å². The minimum absolute atomic E-state index is 0.328. The molecular formula is C18H17ClF3N3O. The second-order valence-corrected chi connectivity index (χ2v) is 7.24. The molecule has 1 aliphatic heterocycles. The van der Waals surface area contributed by atoms with Gasteiger partial charge in [0.05, 0.1) is 5.02 Å². The normalized spacial score (nSPS) is 23.9. The molecule has 1 aromatic carbocycles. The molecule has 2 aromatic rings. The first-order chi connectivity index (χ1) is 12.0. The molecule has 0 saturated heterocycles. The second kappa shape index (κ2) is 5.87. The van der Waals surface area contributed by atoms with E-state index in [1.807, 2.05) is 0 Å². The van der Waals surface area contributed by atoms with Crippen molar-refractivity contribution in [3.8, 4) is 11.1 Å². The Kier molecular flexibility index (Phi) is 4.18. The van der Waals surface area contributed by atoms with Crippen LogP contribution in [0.4, 0.5) is 13.2 Å². The van der Waals surface area contributed by atoms with Gasteiger partial charge in [-0.15, -0.1) is 0 Å². The molecule has 0 saturated carbocycles. The van der Waals surface area contributed by atoms with Crippen LogP contribution in [0.25, 0.3) is 11.1 Å². The number of hydrogen-bond donors (Lipinski definition) is 1. The second-order valence-electron chi connectivity index (χ2n) is 6.81. The number of ether oxygens (including phenoxy) is 1. The highest BCUT2D eigenvalue weighted by molar-refractivity contribution is 6.30. The predicted octanol–water partition coefficient (Wildman–Crippen LogP) is 4.52. The van der Waals surface area contributed by atoms with Crippen molar-refractivity contribution in [3.63, 3.8) is 0 Å². The number of aromatic nitrogens is 1. The van der Waals surface area contributed by atoms with Crippen LogP contribution in [0.2, 0.25) is 5.02 Å². The number of benzene rings is 1. The smallest absolute Gasteiger partial charge is 0.315 e. The van der Waals surface area contributed by atoms with Gasteiger partial charge in [0.2, 0.25) is 5.60 Å². The largest absolute Gasteiger partial charge is 0.448 e. The first-order valence-electron chi connectivity index (χ1n) is 7.81. The van der Waals surface area contributed by atoms with Crippen LogP contribution in [-0.4, -0.2) is 22.5 Å². The fourth-order valence-electron chi connectivity index (χ4n) is 3.09. The number of nitrogens with two attached hydrogens (primary N) is 1. The third-order valence-corrected chi connectivity index (χ3v) is 4.79. The molecule has 26 heavy (non-hydrogen) atoms. The fraction of sp³-hybridized carbons (Fsp3) is 0.333. The molecule has 4 nitrogen and oxygen atoms in total. The number of alkyl halides is 2. The highest BCUT2D eigenvalue weighted by atomic mass is 35.5. The van der Waals surface area contributed by atoms with E-state index in [9.17, 15) is 4.39 Å². The van der Waals surface area contributed by atoms with E-state index < -0.39 is 28.9 Å². The lowest BCUT2D eigenvalue weighted by molar-refractivity contribution is -0.215. The summed E-state index contributed by atoms with van der Waals surface area (Å²) in [5.41, 5.74) is 2.10. The van der Waals surface area contributed by atoms with Crippen LogP contribution in [0.3, 0.4) is 0 Å². The quantitative estimate of drug-likeness (QED) is 0.829. The lowest BCUT2D eigenvalue weighted by Crippen LogP contribution is -2.62. The summed E-state index contributed by atoms with van der Waals surface area (Å²) in [5.74, 6) is -4.37. The number of pyridine rings is 1. The minimum Gasteiger partial charge on any atom is -0.448 e. The molecule has 0 spiro atoms. The molecule has 1 aromatic heterocycles. The van der Waals surface area contributed by atoms with Crippen molar-refractivity contribution in [3.05, 3.63) is 53.1 Å². The van der Waals surface area contributed by atoms with Crippen molar-refractivity contribution >= 4 is 17.6 Å². The van der Waals surface area contributed by atoms with Crippen molar-refractivity contribution in [1.29, 1.82) is 0 Å². The third-order valence-electron chi connectivity index (χ3n) is 4.58. The van der Waals surface area contributed by atoms with Gasteiger partial charge in [-0.1, -0.05) is 17.7 Å². The van der Waals surface area contributed by atoms with Crippen LogP contribution >= 0.6 is 11.6 Å². The van der Waals surface area contributed by atoms with Crippen molar-refractivity contribution < 1.29 is 17.9 Å². The van der Waals surface area contributed by atoms with Crippen LogP contribution < -0.4 is 5.73 Å². The van der Waals surface area contributed by atoms with Crippen molar-refractivity contribution in [1.82, 2.24) is 4.98 Å². The van der Waals surface area contributed by atoms with Crippen LogP contribution in [0.15, 0.2) is 41.7 Å². The average Bonchev–Trinajstić information content (AvgIpc) is 2.53. The molecule has 0 bridgehead atoms. The highest BCUT2D eigenvalue weighted by Gasteiger charge is 2.66. The van der Waals surface area contributed by atoms with Crippen LogP contribution in [0.5, 0.6) is 0 Å². The van der Waals surface area contributed by atoms with Gasteiger partial charge in [-0.05, 0) is 44.5 Å². The first kappa shape index (κ1) is 18.5. The number of amidine groups is 1. The number of nitrogens with zero attached hydrogens (tertiary/aromatic N) is 2. The van der Waals surface area contributed by atoms with E-state index in [0.29, 0.717) is 16.1 Å². The highest BCUT2D eigenvalue weighted by Crippen LogP contribution is 2.51. The van der Waals surface area contributed by atoms with E-state index in [1.165, 1.54) is 38.4 Å². The van der Waals surface area contributed by atoms with Gasteiger partial charge in [-0.3, -0.25) is 4.98 Å². The zero-order valence-corrected chi connectivity index (χ0v) is 15.1. The monoisotopic (exact) mass is 383 g/mol. The summed E-state index contributed by atoms with van der Waals surface area (Å²) in [4.78, 5) is 7.64. The Labute approximate surface area is 153 Å². The summed E-state index contributed by atoms with van der Waals surface area (Å²) >= 11 is 5.93. The zero-order valence-electron chi connectivity index (χ0n) is 14.4. The van der Waals surface area contributed by atoms with Crippen molar-refractivity contribution in [2.45, 2.75) is 37.8 Å². The lowest BCUT2D eigenvalue weighted by atomic mass is 9.77. The first-order valence-corrected chi connectivity index (χ1v) is 8.19. The standard InChI is InChI=1S/C18H17ClF3N3O/c1-16(2)18(21,22)17(3,26-15(23)25-16)13-7-10(4-5-14(13)20)11-6-12(19)9-24-8-11/h4-9H,1-3H3,(H2,23,25)/t17-/m1/s1. The van der Waals surface area contributed by atoms with E-state index in [4.69, 9.17) is 22.1 Å². The number of halogens is 4. The van der Waals surface area contributed by atoms with Crippen LogP contribution in [0, 0.1) is 5.82 Å². The summed E-state index contributed by atoms with van der Waals surface area (Å²) in [6.07, 6.45) is 2.94. The summed E-state index contributed by atoms with van der Waals surface area (Å²) in [6, 6.07) is 5.04. The van der Waals surface area contributed by atoms with Gasteiger partial charge >= 0.3 is 5.92 Å². The molecule has 0 radical (unpaired) electrons. The zero-order chi connectivity index (χ0) is 19.3. The van der Waals surface area contributed by atoms with Gasteiger partial charge < -0.3 is 10.5 Å². The molecule has 1 aliphatic rings. The Bertz CT molecular complexity index is 901. The average molecular weight is 384 g/mol. The van der Waals surface area contributed by atoms with Gasteiger partial charge in [0, 0.05) is 23.5 Å². The molecule has 138 valence electrons. The van der Waals surface area contributed by atoms with Crippen molar-refractivity contribution in [2.24, 2.45) is 10.7 Å². The summed E-state index contributed by atoms with van der Waals surface area (Å²) in [7, 11) is 0. The van der Waals surface area contributed by atoms with E-state index in [0.717, 1.165) is 13.0 Å². The number of rotatable bonds is 2. The molecule has 2 N–H and O–H groups in total. The van der Waals surface area contributed by atoms with E-state index in [1.54, 1.807) is 6.07 Å². The molecule has 8 heteroatoms. The van der Waals surface area contributed by atoms with E-state index in [-0.39, 0.29) is 5.56 Å². The SMILES string of the molecule is CC1(C)N=C(N)O[C@](C)(c2cc(-c3cncc(Cl)c3)ccc2F)C1(F)F. The Morgan fingerprint density at radius 1 is 1.08 bits per heavy atom. The summed E-state index contributed by atoms with van der Waals surface area (Å²) < 4.78 is 50.1. The molecule has 3 rings (SSSR count). The molecule has 0 amide bonds. The topological polar surface area (TPSA) is 60.5 Å². The van der Waals surface area contributed by atoms with E-state index in [2.05, 4.69) is 9.98 Å². The van der Waals surface area contributed by atoms with Gasteiger partial charge in [0.15, 0.2) is 0 Å². The Morgan fingerprint density at radius 2 is 1.77 bits per heavy atom. The third kappa shape index (κ3) is 2.70. The molecule has 1 atom stereocenters. The van der Waals surface area contributed by atoms with Gasteiger partial charge in [0.1, 0.15) is 11.4 Å². The van der Waals surface area contributed by atoms with Crippen LogP contribution in [0.1, 0.15) is 26.3 Å². The maximum Gasteiger partial charge on any atom is 0.315 e. The summed E-state index contributed by atoms with van der Waals surface area (Å²) in [5, 5.41) is 0.372. The Balaban J connectivity index is 2.20. The fourth-order valence-corrected chi connectivity index (χ4v) is 3.26. The predicted molar refractivity (Wildman–Crippen MR) is 93.7 cm³/mol. The minimum atomic E-state index is -3.53. The Hall–Kier alpha value is -2.28. The van der Waals surface area contributed by atoms with Gasteiger partial charge in [-0.25, -0.2) is 9.38 Å². The van der Waals surface area contributed by atoms with E-state index >= 15 is 8.78 Å². The molecule has 0 aliphatic carbocycles. The van der Waals surface area contributed by atoms with Gasteiger partial charge in [0.25, 0.3) is 6.02 Å². The Morgan fingerprint density at radius 3 is 2.42 bits per heavy atom. The number of hydrogen-bond acceptors (Lipinski definition) is 4. The lowest BCUT2D eigenvalue weighted by Gasteiger charge is -2.47. The maximum atomic E-state index is 15.2. The molecule has 0 fully saturated rings. The van der Waals surface area contributed by atoms with Crippen molar-refractivity contribution in [2.75, 3.05) is 0 Å². The maximum absolute atomic E-state index is 15.2. The number of aliphatic imine (C=N–C) groups is 1. The molecule has 2 heterocycles. The molecular weight excluding hydrogens is 367 g/mol. The summed E-state index contributed by atoms with van der Waals surface area (Å²) in [6.45, 7) is 3.56. The molecule has 0 unspecified atom stereocenters. The van der Waals surface area contributed by atoms with Crippen LogP contribution in [-0.2, 0) is 10.3 Å².